The van der Waals surface area contributed by atoms with Crippen LogP contribution in [0.15, 0.2) is 78.4 Å². The summed E-state index contributed by atoms with van der Waals surface area (Å²) in [5.74, 6) is 0.117. The van der Waals surface area contributed by atoms with Gasteiger partial charge in [-0.25, -0.2) is 0 Å². The lowest BCUT2D eigenvalue weighted by Gasteiger charge is -2.40. The molecule has 0 heterocycles. The second-order valence-corrected chi connectivity index (χ2v) is 14.1. The zero-order chi connectivity index (χ0) is 31.8. The molecular weight excluding hydrogens is 562 g/mol. The normalized spacial score (nSPS) is 26.2. The zero-order valence-electron chi connectivity index (χ0n) is 27.0. The van der Waals surface area contributed by atoms with Gasteiger partial charge in [-0.3, -0.25) is 4.79 Å². The number of methoxy groups -OCH3 is 1. The standard InChI is InChI=1S/C38H45N3O4/c1-37(2)31-21-23-38(37,3)32(30-16-10-14-26-13-8-9-15-29(26)30)34(31)45-36(43)33(40-39)35(42)41(24-22-25-11-6-5-7-12-25)27-17-19-28(44-4)20-18-27/h8-10,13-20,25,31-32,34H,5-7,11-12,21-24H2,1-4H3/p+1/t31-,32-,34-,38+/m1/s1. The molecule has 1 N–H and O–H groups in total. The molecule has 3 saturated carbocycles. The van der Waals surface area contributed by atoms with Crippen LogP contribution in [0.25, 0.3) is 15.7 Å². The largest absolute Gasteiger partial charge is 0.527 e. The summed E-state index contributed by atoms with van der Waals surface area (Å²) in [6, 6.07) is 22.0. The number of fused-ring (bicyclic) bond motifs is 3. The lowest BCUT2D eigenvalue weighted by Crippen LogP contribution is -2.36. The van der Waals surface area contributed by atoms with E-state index in [1.807, 2.05) is 18.2 Å². The van der Waals surface area contributed by atoms with Crippen molar-refractivity contribution < 1.29 is 19.4 Å². The number of ether oxygens (including phenoxy) is 2. The van der Waals surface area contributed by atoms with Gasteiger partial charge in [0.05, 0.1) is 7.11 Å². The number of carbonyl (C=O) groups excluding carboxylic acids is 1. The van der Waals surface area contributed by atoms with Crippen molar-refractivity contribution in [2.75, 3.05) is 18.6 Å². The number of anilines is 1. The van der Waals surface area contributed by atoms with Crippen molar-refractivity contribution in [1.82, 2.24) is 0 Å². The van der Waals surface area contributed by atoms with Crippen molar-refractivity contribution in [2.24, 2.45) is 22.7 Å². The maximum Gasteiger partial charge on any atom is 0.527 e. The van der Waals surface area contributed by atoms with Crippen molar-refractivity contribution in [2.45, 2.75) is 84.2 Å². The van der Waals surface area contributed by atoms with Gasteiger partial charge < -0.3 is 19.5 Å². The minimum Gasteiger partial charge on any atom is -0.497 e. The van der Waals surface area contributed by atoms with Crippen LogP contribution in [0.1, 0.15) is 83.6 Å². The Kier molecular flexibility index (Phi) is 8.52. The highest BCUT2D eigenvalue weighted by Crippen LogP contribution is 2.72. The van der Waals surface area contributed by atoms with Crippen LogP contribution >= 0.6 is 0 Å². The fraction of sp³-hybridized carbons (Fsp3) is 0.500. The summed E-state index contributed by atoms with van der Waals surface area (Å²) >= 11 is 0. The first kappa shape index (κ1) is 31.0. The highest BCUT2D eigenvalue weighted by atomic mass is 16.6. The van der Waals surface area contributed by atoms with E-state index in [1.54, 1.807) is 24.1 Å². The molecule has 7 heteroatoms. The molecule has 6 rings (SSSR count). The van der Waals surface area contributed by atoms with E-state index >= 15 is 0 Å². The molecule has 45 heavy (non-hydrogen) atoms. The van der Waals surface area contributed by atoms with E-state index in [-0.39, 0.29) is 22.7 Å². The minimum absolute atomic E-state index is 0.0291. The molecule has 1 amide bonds. The fourth-order valence-corrected chi connectivity index (χ4v) is 8.87. The highest BCUT2D eigenvalue weighted by molar-refractivity contribution is 6.06. The van der Waals surface area contributed by atoms with Crippen molar-refractivity contribution in [3.8, 4) is 5.75 Å². The second kappa shape index (κ2) is 12.4. The van der Waals surface area contributed by atoms with Crippen LogP contribution in [0.3, 0.4) is 0 Å². The first-order valence-electron chi connectivity index (χ1n) is 16.6. The Bertz CT molecular complexity index is 1610. The Hall–Kier alpha value is -4.05. The van der Waals surface area contributed by atoms with Gasteiger partial charge in [-0.05, 0) is 76.6 Å². The number of benzene rings is 3. The quantitative estimate of drug-likeness (QED) is 0.149. The Labute approximate surface area is 266 Å². The van der Waals surface area contributed by atoms with Crippen LogP contribution in [-0.4, -0.2) is 30.8 Å². The van der Waals surface area contributed by atoms with Gasteiger partial charge in [0, 0.05) is 24.1 Å². The number of rotatable bonds is 9. The van der Waals surface area contributed by atoms with Gasteiger partial charge in [0.1, 0.15) is 11.9 Å². The zero-order valence-corrected chi connectivity index (χ0v) is 27.0. The number of nitrogens with zero attached hydrogens (tertiary/aromatic N) is 3. The Morgan fingerprint density at radius 1 is 0.978 bits per heavy atom. The summed E-state index contributed by atoms with van der Waals surface area (Å²) < 4.78 is 11.8. The third-order valence-electron chi connectivity index (χ3n) is 11.8. The predicted molar refractivity (Wildman–Crippen MR) is 177 cm³/mol. The predicted octanol–water partition coefficient (Wildman–Crippen LogP) is 9.36. The molecule has 236 valence electrons. The molecule has 0 aromatic heterocycles. The lowest BCUT2D eigenvalue weighted by atomic mass is 9.64. The fourth-order valence-electron chi connectivity index (χ4n) is 8.87. The third-order valence-corrected chi connectivity index (χ3v) is 11.8. The molecule has 3 aliphatic rings. The van der Waals surface area contributed by atoms with E-state index in [9.17, 15) is 15.3 Å². The van der Waals surface area contributed by atoms with E-state index in [0.717, 1.165) is 37.5 Å². The summed E-state index contributed by atoms with van der Waals surface area (Å²) in [6.07, 6.45) is 8.43. The molecule has 3 fully saturated rings. The molecule has 0 unspecified atom stereocenters. The Morgan fingerprint density at radius 3 is 2.40 bits per heavy atom. The molecular formula is C38H46N3O4+. The molecule has 4 atom stereocenters. The number of hydrogen-bond donors (Lipinski definition) is 1. The van der Waals surface area contributed by atoms with Crippen molar-refractivity contribution in [3.05, 3.63) is 88.9 Å². The van der Waals surface area contributed by atoms with Crippen molar-refractivity contribution in [1.29, 1.82) is 5.39 Å². The smallest absolute Gasteiger partial charge is 0.497 e. The SMILES string of the molecule is COc1ccc(N(CCC2CCCCC2)C(=O)/C([N+]#N)=C(\O)O[C@@H]2[C@H]3CC[C@@](C)([C@@H]2c2cccc4ccccc24)C3(C)C)cc1. The molecule has 0 spiro atoms. The van der Waals surface area contributed by atoms with Crippen LogP contribution in [0.5, 0.6) is 5.75 Å². The van der Waals surface area contributed by atoms with Gasteiger partial charge in [0.15, 0.2) is 4.98 Å². The molecule has 3 aliphatic carbocycles. The number of carbonyl (C=O) groups is 1. The van der Waals surface area contributed by atoms with E-state index in [0.29, 0.717) is 23.9 Å². The Morgan fingerprint density at radius 2 is 1.69 bits per heavy atom. The number of hydrogen-bond acceptors (Lipinski definition) is 5. The molecule has 0 radical (unpaired) electrons. The highest BCUT2D eigenvalue weighted by Gasteiger charge is 2.68. The van der Waals surface area contributed by atoms with Crippen LogP contribution in [0.4, 0.5) is 5.69 Å². The van der Waals surface area contributed by atoms with Crippen LogP contribution in [0.2, 0.25) is 0 Å². The third kappa shape index (κ3) is 5.43. The molecule has 0 saturated heterocycles. The summed E-state index contributed by atoms with van der Waals surface area (Å²) in [5, 5.41) is 24.1. The van der Waals surface area contributed by atoms with Crippen LogP contribution in [0, 0.1) is 28.1 Å². The molecule has 7 nitrogen and oxygen atoms in total. The lowest BCUT2D eigenvalue weighted by molar-refractivity contribution is -0.115. The average Bonchev–Trinajstić information content (AvgIpc) is 3.38. The number of aliphatic hydroxyl groups excluding tert-OH is 1. The van der Waals surface area contributed by atoms with E-state index in [2.05, 4.69) is 62.1 Å². The molecule has 3 aromatic rings. The van der Waals surface area contributed by atoms with Gasteiger partial charge in [-0.1, -0.05) is 95.3 Å². The van der Waals surface area contributed by atoms with Gasteiger partial charge in [0.25, 0.3) is 0 Å². The van der Waals surface area contributed by atoms with Gasteiger partial charge in [-0.15, -0.1) is 0 Å². The molecule has 3 aromatic carbocycles. The summed E-state index contributed by atoms with van der Waals surface area (Å²) in [5.41, 5.74) is 1.19. The summed E-state index contributed by atoms with van der Waals surface area (Å²) in [6.45, 7) is 7.37. The van der Waals surface area contributed by atoms with E-state index < -0.39 is 23.7 Å². The van der Waals surface area contributed by atoms with E-state index in [1.165, 1.54) is 30.2 Å². The van der Waals surface area contributed by atoms with Crippen LogP contribution < -0.4 is 9.64 Å². The minimum atomic E-state index is -0.624. The van der Waals surface area contributed by atoms with Gasteiger partial charge in [0.2, 0.25) is 5.39 Å². The first-order valence-corrected chi connectivity index (χ1v) is 16.6. The second-order valence-electron chi connectivity index (χ2n) is 14.1. The summed E-state index contributed by atoms with van der Waals surface area (Å²) in [4.78, 5) is 19.1. The maximum atomic E-state index is 14.1. The van der Waals surface area contributed by atoms with Crippen LogP contribution in [-0.2, 0) is 9.53 Å². The van der Waals surface area contributed by atoms with Crippen molar-refractivity contribution >= 4 is 22.4 Å². The van der Waals surface area contributed by atoms with Gasteiger partial charge in [-0.2, -0.15) is 0 Å². The summed E-state index contributed by atoms with van der Waals surface area (Å²) in [7, 11) is 1.60. The maximum absolute atomic E-state index is 14.1. The average molecular weight is 609 g/mol. The Balaban J connectivity index is 1.35. The number of aliphatic hydroxyl groups is 1. The molecule has 0 aliphatic heterocycles. The first-order chi connectivity index (χ1) is 21.7. The number of diazo groups is 1. The molecule has 2 bridgehead atoms. The van der Waals surface area contributed by atoms with E-state index in [4.69, 9.17) is 9.47 Å². The number of amides is 1. The van der Waals surface area contributed by atoms with Crippen molar-refractivity contribution in [3.63, 3.8) is 0 Å². The van der Waals surface area contributed by atoms with Gasteiger partial charge >= 0.3 is 17.5 Å². The monoisotopic (exact) mass is 608 g/mol. The topological polar surface area (TPSA) is 87.2 Å².